The number of fused-ring (bicyclic) bond motifs is 1. The van der Waals surface area contributed by atoms with Gasteiger partial charge in [-0.05, 0) is 24.5 Å². The first kappa shape index (κ1) is 15.5. The number of rotatable bonds is 6. The van der Waals surface area contributed by atoms with Crippen molar-refractivity contribution in [1.29, 1.82) is 0 Å². The van der Waals surface area contributed by atoms with Gasteiger partial charge in [0, 0.05) is 6.54 Å². The number of para-hydroxylation sites is 1. The number of hydrogen-bond donors (Lipinski definition) is 0. The molecular formula is C18H23NO2. The molecule has 1 unspecified atom stereocenters. The summed E-state index contributed by atoms with van der Waals surface area (Å²) in [6.07, 6.45) is 4.67. The van der Waals surface area contributed by atoms with Crippen molar-refractivity contribution in [2.24, 2.45) is 10.9 Å². The quantitative estimate of drug-likeness (QED) is 0.725. The third-order valence-corrected chi connectivity index (χ3v) is 3.91. The number of ketones is 1. The highest BCUT2D eigenvalue weighted by Crippen LogP contribution is 2.27. The van der Waals surface area contributed by atoms with Crippen LogP contribution in [0.3, 0.4) is 0 Å². The molecule has 0 radical (unpaired) electrons. The summed E-state index contributed by atoms with van der Waals surface area (Å²) >= 11 is 0. The van der Waals surface area contributed by atoms with E-state index in [2.05, 4.69) is 25.4 Å². The second-order valence-corrected chi connectivity index (χ2v) is 5.47. The molecule has 0 saturated carbocycles. The molecule has 0 amide bonds. The van der Waals surface area contributed by atoms with E-state index >= 15 is 0 Å². The molecule has 0 aliphatic carbocycles. The number of aliphatic imine (C=N–C) groups is 1. The SMILES string of the molecule is C=C1C(=O)c2ccccc2O/C1=N\CC(CC)CCCC. The molecule has 1 aliphatic rings. The zero-order chi connectivity index (χ0) is 15.2. The Hall–Kier alpha value is -1.90. The first-order valence-corrected chi connectivity index (χ1v) is 7.72. The first-order chi connectivity index (χ1) is 10.2. The van der Waals surface area contributed by atoms with E-state index in [0.717, 1.165) is 6.42 Å². The summed E-state index contributed by atoms with van der Waals surface area (Å²) in [7, 11) is 0. The molecule has 1 aliphatic heterocycles. The summed E-state index contributed by atoms with van der Waals surface area (Å²) < 4.78 is 5.74. The van der Waals surface area contributed by atoms with Gasteiger partial charge in [0.1, 0.15) is 5.75 Å². The molecule has 0 N–H and O–H groups in total. The second-order valence-electron chi connectivity index (χ2n) is 5.47. The van der Waals surface area contributed by atoms with Gasteiger partial charge in [0.25, 0.3) is 0 Å². The molecule has 0 bridgehead atoms. The third-order valence-electron chi connectivity index (χ3n) is 3.91. The Morgan fingerprint density at radius 1 is 1.29 bits per heavy atom. The maximum Gasteiger partial charge on any atom is 0.225 e. The smallest absolute Gasteiger partial charge is 0.225 e. The normalized spacial score (nSPS) is 17.5. The molecule has 3 heteroatoms. The molecule has 1 heterocycles. The minimum atomic E-state index is -0.0859. The van der Waals surface area contributed by atoms with E-state index in [1.807, 2.05) is 12.1 Å². The molecule has 1 aromatic rings. The molecule has 21 heavy (non-hydrogen) atoms. The van der Waals surface area contributed by atoms with Gasteiger partial charge in [-0.2, -0.15) is 0 Å². The highest BCUT2D eigenvalue weighted by Gasteiger charge is 2.27. The number of Topliss-reactive ketones (excluding diaryl/α,β-unsaturated/α-hetero) is 1. The van der Waals surface area contributed by atoms with Crippen LogP contribution in [0.25, 0.3) is 0 Å². The summed E-state index contributed by atoms with van der Waals surface area (Å²) in [6, 6.07) is 7.24. The summed E-state index contributed by atoms with van der Waals surface area (Å²) in [5.41, 5.74) is 0.929. The van der Waals surface area contributed by atoms with Crippen LogP contribution >= 0.6 is 0 Å². The third kappa shape index (κ3) is 3.60. The van der Waals surface area contributed by atoms with E-state index in [4.69, 9.17) is 4.74 Å². The van der Waals surface area contributed by atoms with Gasteiger partial charge in [0.15, 0.2) is 0 Å². The van der Waals surface area contributed by atoms with Crippen LogP contribution in [0, 0.1) is 5.92 Å². The number of carbonyl (C=O) groups is 1. The molecular weight excluding hydrogens is 262 g/mol. The van der Waals surface area contributed by atoms with Gasteiger partial charge in [0.2, 0.25) is 11.7 Å². The molecule has 2 rings (SSSR count). The fourth-order valence-electron chi connectivity index (χ4n) is 2.43. The van der Waals surface area contributed by atoms with Gasteiger partial charge >= 0.3 is 0 Å². The molecule has 112 valence electrons. The molecule has 3 nitrogen and oxygen atoms in total. The van der Waals surface area contributed by atoms with E-state index < -0.39 is 0 Å². The van der Waals surface area contributed by atoms with Gasteiger partial charge in [0.05, 0.1) is 11.1 Å². The van der Waals surface area contributed by atoms with Gasteiger partial charge in [-0.25, -0.2) is 0 Å². The number of ether oxygens (including phenoxy) is 1. The highest BCUT2D eigenvalue weighted by molar-refractivity contribution is 6.28. The molecule has 0 fully saturated rings. The maximum atomic E-state index is 12.3. The lowest BCUT2D eigenvalue weighted by atomic mass is 9.99. The lowest BCUT2D eigenvalue weighted by Gasteiger charge is -2.20. The average Bonchev–Trinajstić information content (AvgIpc) is 2.52. The molecule has 1 atom stereocenters. The second kappa shape index (κ2) is 7.21. The highest BCUT2D eigenvalue weighted by atomic mass is 16.5. The molecule has 0 saturated heterocycles. The zero-order valence-corrected chi connectivity index (χ0v) is 12.9. The van der Waals surface area contributed by atoms with E-state index in [0.29, 0.717) is 35.2 Å². The Morgan fingerprint density at radius 3 is 2.76 bits per heavy atom. The fourth-order valence-corrected chi connectivity index (χ4v) is 2.43. The lowest BCUT2D eigenvalue weighted by molar-refractivity contribution is 0.103. The predicted molar refractivity (Wildman–Crippen MR) is 86.1 cm³/mol. The number of carbonyl (C=O) groups excluding carboxylic acids is 1. The van der Waals surface area contributed by atoms with Crippen LogP contribution in [0.15, 0.2) is 41.4 Å². The van der Waals surface area contributed by atoms with Crippen molar-refractivity contribution >= 4 is 11.7 Å². The Kier molecular flexibility index (Phi) is 5.32. The Morgan fingerprint density at radius 2 is 2.05 bits per heavy atom. The summed E-state index contributed by atoms with van der Waals surface area (Å²) in [5, 5.41) is 0. The van der Waals surface area contributed by atoms with Gasteiger partial charge in [-0.1, -0.05) is 51.8 Å². The van der Waals surface area contributed by atoms with E-state index in [1.54, 1.807) is 12.1 Å². The minimum absolute atomic E-state index is 0.0859. The van der Waals surface area contributed by atoms with Crippen LogP contribution in [0.5, 0.6) is 5.75 Å². The van der Waals surface area contributed by atoms with Gasteiger partial charge in [-0.3, -0.25) is 9.79 Å². The van der Waals surface area contributed by atoms with E-state index in [9.17, 15) is 4.79 Å². The first-order valence-electron chi connectivity index (χ1n) is 7.72. The van der Waals surface area contributed by atoms with Crippen molar-refractivity contribution in [3.8, 4) is 5.75 Å². The number of hydrogen-bond acceptors (Lipinski definition) is 3. The number of nitrogens with zero attached hydrogens (tertiary/aromatic N) is 1. The average molecular weight is 285 g/mol. The van der Waals surface area contributed by atoms with E-state index in [-0.39, 0.29) is 5.78 Å². The van der Waals surface area contributed by atoms with Crippen molar-refractivity contribution in [3.05, 3.63) is 42.0 Å². The van der Waals surface area contributed by atoms with Crippen LogP contribution in [0.2, 0.25) is 0 Å². The van der Waals surface area contributed by atoms with Crippen molar-refractivity contribution < 1.29 is 9.53 Å². The van der Waals surface area contributed by atoms with Crippen LogP contribution in [-0.2, 0) is 0 Å². The molecule has 0 aromatic heterocycles. The van der Waals surface area contributed by atoms with Crippen LogP contribution < -0.4 is 4.74 Å². The Labute approximate surface area is 126 Å². The summed E-state index contributed by atoms with van der Waals surface area (Å²) in [4.78, 5) is 16.8. The zero-order valence-electron chi connectivity index (χ0n) is 12.9. The standard InChI is InChI=1S/C18H23NO2/c1-4-6-9-14(5-2)12-19-18-13(3)17(20)15-10-7-8-11-16(15)21-18/h7-8,10-11,14H,3-6,9,12H2,1-2H3/b19-18-. The predicted octanol–water partition coefficient (Wildman–Crippen LogP) is 4.43. The van der Waals surface area contributed by atoms with Crippen molar-refractivity contribution in [2.75, 3.05) is 6.54 Å². The van der Waals surface area contributed by atoms with Crippen molar-refractivity contribution in [1.82, 2.24) is 0 Å². The van der Waals surface area contributed by atoms with E-state index in [1.165, 1.54) is 19.3 Å². The van der Waals surface area contributed by atoms with Crippen LogP contribution in [0.1, 0.15) is 49.9 Å². The minimum Gasteiger partial charge on any atom is -0.438 e. The molecule has 1 aromatic carbocycles. The lowest BCUT2D eigenvalue weighted by Crippen LogP contribution is -2.25. The topological polar surface area (TPSA) is 38.7 Å². The van der Waals surface area contributed by atoms with Gasteiger partial charge < -0.3 is 4.74 Å². The van der Waals surface area contributed by atoms with Crippen molar-refractivity contribution in [3.63, 3.8) is 0 Å². The summed E-state index contributed by atoms with van der Waals surface area (Å²) in [5.74, 6) is 1.42. The number of benzene rings is 1. The number of unbranched alkanes of at least 4 members (excludes halogenated alkanes) is 1. The monoisotopic (exact) mass is 285 g/mol. The van der Waals surface area contributed by atoms with Crippen molar-refractivity contribution in [2.45, 2.75) is 39.5 Å². The Bertz CT molecular complexity index is 560. The van der Waals surface area contributed by atoms with Crippen LogP contribution in [-0.4, -0.2) is 18.2 Å². The van der Waals surface area contributed by atoms with Gasteiger partial charge in [-0.15, -0.1) is 0 Å². The fraction of sp³-hybridized carbons (Fsp3) is 0.444. The summed E-state index contributed by atoms with van der Waals surface area (Å²) in [6.45, 7) is 8.90. The Balaban J connectivity index is 2.12. The maximum absolute atomic E-state index is 12.3. The molecule has 0 spiro atoms. The largest absolute Gasteiger partial charge is 0.438 e. The van der Waals surface area contributed by atoms with Crippen LogP contribution in [0.4, 0.5) is 0 Å².